The van der Waals surface area contributed by atoms with Crippen LogP contribution in [0.2, 0.25) is 0 Å². The van der Waals surface area contributed by atoms with E-state index < -0.39 is 0 Å². The van der Waals surface area contributed by atoms with Gasteiger partial charge in [-0.3, -0.25) is 14.7 Å². The quantitative estimate of drug-likeness (QED) is 0.334. The molecule has 0 spiro atoms. The predicted octanol–water partition coefficient (Wildman–Crippen LogP) is 2.61. The average Bonchev–Trinajstić information content (AvgIpc) is 2.87. The van der Waals surface area contributed by atoms with Crippen LogP contribution in [0.1, 0.15) is 16.8 Å². The Bertz CT molecular complexity index is 1130. The zero-order chi connectivity index (χ0) is 24.6. The van der Waals surface area contributed by atoms with Crippen molar-refractivity contribution in [2.75, 3.05) is 71.8 Å². The molecule has 0 saturated carbocycles. The van der Waals surface area contributed by atoms with E-state index >= 15 is 0 Å². The summed E-state index contributed by atoms with van der Waals surface area (Å²) in [4.78, 5) is 22.3. The second kappa shape index (κ2) is 12.0. The summed E-state index contributed by atoms with van der Waals surface area (Å²) in [6, 6.07) is 13.2. The molecule has 0 aliphatic carbocycles. The number of carbonyl (C=O) groups is 1. The van der Waals surface area contributed by atoms with E-state index in [2.05, 4.69) is 50.9 Å². The van der Waals surface area contributed by atoms with Crippen LogP contribution in [0.15, 0.2) is 48.7 Å². The first-order chi connectivity index (χ1) is 17.0. The summed E-state index contributed by atoms with van der Waals surface area (Å²) < 4.78 is 0. The number of aromatic nitrogens is 1. The molecule has 1 aliphatic rings. The summed E-state index contributed by atoms with van der Waals surface area (Å²) in [6.07, 6.45) is 2.63. The van der Waals surface area contributed by atoms with Gasteiger partial charge in [-0.05, 0) is 62.5 Å². The number of fused-ring (bicyclic) bond motifs is 1. The van der Waals surface area contributed by atoms with E-state index in [9.17, 15) is 9.90 Å². The lowest BCUT2D eigenvalue weighted by Crippen LogP contribution is -2.46. The number of anilines is 1. The van der Waals surface area contributed by atoms with E-state index in [4.69, 9.17) is 0 Å². The van der Waals surface area contributed by atoms with E-state index in [1.165, 1.54) is 0 Å². The molecular formula is C27H36N6O2. The lowest BCUT2D eigenvalue weighted by Gasteiger charge is -2.27. The molecule has 0 radical (unpaired) electrons. The molecule has 0 bridgehead atoms. The van der Waals surface area contributed by atoms with Crippen molar-refractivity contribution in [2.24, 2.45) is 0 Å². The number of rotatable bonds is 10. The molecule has 1 aliphatic heterocycles. The van der Waals surface area contributed by atoms with Crippen LogP contribution in [0.4, 0.5) is 5.69 Å². The standard InChI is InChI=1S/C27H36N6O2/c1-32(2)14-3-10-29-26-23-18-21(20-4-7-22(34)8-5-20)6-9-25(23)31-19-24(26)27(35)30-13-17-33-15-11-28-12-16-33/h4-9,18-19,28,34H,3,10-17H2,1-2H3,(H,29,31)(H,30,35). The zero-order valence-electron chi connectivity index (χ0n) is 20.7. The van der Waals surface area contributed by atoms with Gasteiger partial charge < -0.3 is 26.0 Å². The maximum absolute atomic E-state index is 13.2. The minimum absolute atomic E-state index is 0.111. The maximum Gasteiger partial charge on any atom is 0.255 e. The van der Waals surface area contributed by atoms with Crippen LogP contribution in [-0.4, -0.2) is 92.3 Å². The SMILES string of the molecule is CN(C)CCCNc1c(C(=O)NCCN2CCNCC2)cnc2ccc(-c3ccc(O)cc3)cc12. The molecule has 3 aromatic rings. The number of aromatic hydroxyl groups is 1. The maximum atomic E-state index is 13.2. The number of carbonyl (C=O) groups excluding carboxylic acids is 1. The Kier molecular flexibility index (Phi) is 8.52. The summed E-state index contributed by atoms with van der Waals surface area (Å²) in [5, 5.41) is 20.6. The molecule has 1 saturated heterocycles. The first kappa shape index (κ1) is 24.9. The van der Waals surface area contributed by atoms with Crippen molar-refractivity contribution in [1.82, 2.24) is 25.4 Å². The summed E-state index contributed by atoms with van der Waals surface area (Å²) >= 11 is 0. The Morgan fingerprint density at radius 1 is 1.09 bits per heavy atom. The van der Waals surface area contributed by atoms with Gasteiger partial charge in [0.15, 0.2) is 0 Å². The number of nitrogens with one attached hydrogen (secondary N) is 3. The number of benzene rings is 2. The van der Waals surface area contributed by atoms with Gasteiger partial charge in [-0.15, -0.1) is 0 Å². The van der Waals surface area contributed by atoms with Crippen LogP contribution in [0, 0.1) is 0 Å². The Morgan fingerprint density at radius 2 is 1.83 bits per heavy atom. The number of amides is 1. The van der Waals surface area contributed by atoms with Gasteiger partial charge >= 0.3 is 0 Å². The molecule has 4 N–H and O–H groups in total. The third-order valence-corrected chi connectivity index (χ3v) is 6.32. The largest absolute Gasteiger partial charge is 0.508 e. The van der Waals surface area contributed by atoms with Crippen molar-refractivity contribution in [3.05, 3.63) is 54.2 Å². The minimum Gasteiger partial charge on any atom is -0.508 e. The predicted molar refractivity (Wildman–Crippen MR) is 142 cm³/mol. The second-order valence-corrected chi connectivity index (χ2v) is 9.26. The lowest BCUT2D eigenvalue weighted by atomic mass is 10.0. The van der Waals surface area contributed by atoms with E-state index in [0.717, 1.165) is 80.0 Å². The third kappa shape index (κ3) is 6.69. The highest BCUT2D eigenvalue weighted by Gasteiger charge is 2.17. The van der Waals surface area contributed by atoms with Crippen molar-refractivity contribution >= 4 is 22.5 Å². The summed E-state index contributed by atoms with van der Waals surface area (Å²) in [5.41, 5.74) is 4.21. The number of phenols is 1. The molecule has 1 amide bonds. The first-order valence-electron chi connectivity index (χ1n) is 12.3. The molecular weight excluding hydrogens is 440 g/mol. The van der Waals surface area contributed by atoms with Crippen LogP contribution < -0.4 is 16.0 Å². The monoisotopic (exact) mass is 476 g/mol. The van der Waals surface area contributed by atoms with Gasteiger partial charge in [0.25, 0.3) is 5.91 Å². The summed E-state index contributed by atoms with van der Waals surface area (Å²) in [6.45, 7) is 7.15. The number of piperazine rings is 1. The highest BCUT2D eigenvalue weighted by molar-refractivity contribution is 6.07. The normalized spacial score (nSPS) is 14.4. The molecule has 1 aromatic heterocycles. The average molecular weight is 477 g/mol. The number of phenolic OH excluding ortho intramolecular Hbond substituents is 1. The summed E-state index contributed by atoms with van der Waals surface area (Å²) in [5.74, 6) is 0.124. The van der Waals surface area contributed by atoms with E-state index in [0.29, 0.717) is 12.1 Å². The highest BCUT2D eigenvalue weighted by Crippen LogP contribution is 2.31. The smallest absolute Gasteiger partial charge is 0.255 e. The fraction of sp³-hybridized carbons (Fsp3) is 0.407. The molecule has 0 atom stereocenters. The Labute approximate surface area is 207 Å². The fourth-order valence-electron chi connectivity index (χ4n) is 4.35. The van der Waals surface area contributed by atoms with Crippen LogP contribution in [0.3, 0.4) is 0 Å². The first-order valence-corrected chi connectivity index (χ1v) is 12.3. The second-order valence-electron chi connectivity index (χ2n) is 9.26. The van der Waals surface area contributed by atoms with Gasteiger partial charge in [0, 0.05) is 57.4 Å². The Hall–Kier alpha value is -3.20. The number of hydrogen-bond donors (Lipinski definition) is 4. The van der Waals surface area contributed by atoms with Crippen molar-refractivity contribution in [3.8, 4) is 16.9 Å². The fourth-order valence-corrected chi connectivity index (χ4v) is 4.35. The molecule has 1 fully saturated rings. The summed E-state index contributed by atoms with van der Waals surface area (Å²) in [7, 11) is 4.12. The van der Waals surface area contributed by atoms with Crippen molar-refractivity contribution in [2.45, 2.75) is 6.42 Å². The van der Waals surface area contributed by atoms with Crippen molar-refractivity contribution < 1.29 is 9.90 Å². The molecule has 2 aromatic carbocycles. The Balaban J connectivity index is 1.59. The van der Waals surface area contributed by atoms with Crippen LogP contribution in [0.5, 0.6) is 5.75 Å². The number of hydrogen-bond acceptors (Lipinski definition) is 7. The molecule has 0 unspecified atom stereocenters. The van der Waals surface area contributed by atoms with Crippen molar-refractivity contribution in [1.29, 1.82) is 0 Å². The van der Waals surface area contributed by atoms with Gasteiger partial charge in [0.1, 0.15) is 5.75 Å². The topological polar surface area (TPSA) is 92.8 Å². The zero-order valence-corrected chi connectivity index (χ0v) is 20.7. The van der Waals surface area contributed by atoms with Crippen LogP contribution in [-0.2, 0) is 0 Å². The van der Waals surface area contributed by atoms with Gasteiger partial charge in [0.05, 0.1) is 16.8 Å². The van der Waals surface area contributed by atoms with Gasteiger partial charge in [-0.2, -0.15) is 0 Å². The lowest BCUT2D eigenvalue weighted by molar-refractivity contribution is 0.0948. The van der Waals surface area contributed by atoms with E-state index in [1.54, 1.807) is 18.3 Å². The highest BCUT2D eigenvalue weighted by atomic mass is 16.3. The Morgan fingerprint density at radius 3 is 2.57 bits per heavy atom. The molecule has 35 heavy (non-hydrogen) atoms. The van der Waals surface area contributed by atoms with E-state index in [1.807, 2.05) is 24.3 Å². The van der Waals surface area contributed by atoms with Gasteiger partial charge in [0.2, 0.25) is 0 Å². The molecule has 8 nitrogen and oxygen atoms in total. The minimum atomic E-state index is -0.111. The molecule has 4 rings (SSSR count). The molecule has 2 heterocycles. The number of nitrogens with zero attached hydrogens (tertiary/aromatic N) is 3. The molecule has 8 heteroatoms. The van der Waals surface area contributed by atoms with Gasteiger partial charge in [-0.1, -0.05) is 18.2 Å². The number of pyridine rings is 1. The van der Waals surface area contributed by atoms with Crippen LogP contribution >= 0.6 is 0 Å². The van der Waals surface area contributed by atoms with Crippen molar-refractivity contribution in [3.63, 3.8) is 0 Å². The van der Waals surface area contributed by atoms with Gasteiger partial charge in [-0.25, -0.2) is 0 Å². The molecule has 186 valence electrons. The van der Waals surface area contributed by atoms with E-state index in [-0.39, 0.29) is 11.7 Å². The van der Waals surface area contributed by atoms with Crippen LogP contribution in [0.25, 0.3) is 22.0 Å². The third-order valence-electron chi connectivity index (χ3n) is 6.32.